The lowest BCUT2D eigenvalue weighted by molar-refractivity contribution is 0.282. The van der Waals surface area contributed by atoms with E-state index in [0.29, 0.717) is 0 Å². The lowest BCUT2D eigenvalue weighted by Gasteiger charge is -2.26. The minimum atomic E-state index is 0.901. The number of benzene rings is 3. The van der Waals surface area contributed by atoms with Crippen LogP contribution in [0.1, 0.15) is 12.1 Å². The SMILES string of the molecule is COc1ccc(-c2ccccc2)cc1N1CCCN(Cc2csc(-c3ccccc3)n2)CC1. The Balaban J connectivity index is 1.28. The van der Waals surface area contributed by atoms with E-state index in [1.54, 1.807) is 18.4 Å². The van der Waals surface area contributed by atoms with Gasteiger partial charge < -0.3 is 9.64 Å². The number of aromatic nitrogens is 1. The van der Waals surface area contributed by atoms with E-state index in [1.165, 1.54) is 22.4 Å². The number of nitrogens with zero attached hydrogens (tertiary/aromatic N) is 3. The van der Waals surface area contributed by atoms with Gasteiger partial charge in [0.15, 0.2) is 0 Å². The summed E-state index contributed by atoms with van der Waals surface area (Å²) in [5, 5.41) is 3.31. The molecule has 3 aromatic carbocycles. The molecule has 1 saturated heterocycles. The molecule has 33 heavy (non-hydrogen) atoms. The molecule has 168 valence electrons. The van der Waals surface area contributed by atoms with E-state index in [0.717, 1.165) is 55.6 Å². The number of ether oxygens (including phenoxy) is 1. The number of hydrogen-bond acceptors (Lipinski definition) is 5. The molecule has 2 heterocycles. The lowest BCUT2D eigenvalue weighted by Crippen LogP contribution is -2.30. The molecule has 1 aliphatic heterocycles. The second-order valence-electron chi connectivity index (χ2n) is 8.38. The van der Waals surface area contributed by atoms with Gasteiger partial charge in [-0.1, -0.05) is 66.7 Å². The predicted octanol–water partition coefficient (Wildman–Crippen LogP) is 6.20. The van der Waals surface area contributed by atoms with Gasteiger partial charge in [-0.15, -0.1) is 11.3 Å². The van der Waals surface area contributed by atoms with E-state index in [2.05, 4.69) is 88.0 Å². The molecule has 1 aliphatic rings. The van der Waals surface area contributed by atoms with E-state index in [-0.39, 0.29) is 0 Å². The van der Waals surface area contributed by atoms with E-state index in [1.807, 2.05) is 6.07 Å². The van der Waals surface area contributed by atoms with Crippen molar-refractivity contribution in [2.24, 2.45) is 0 Å². The smallest absolute Gasteiger partial charge is 0.142 e. The quantitative estimate of drug-likeness (QED) is 0.346. The topological polar surface area (TPSA) is 28.6 Å². The van der Waals surface area contributed by atoms with Gasteiger partial charge in [-0.25, -0.2) is 4.98 Å². The Morgan fingerprint density at radius 2 is 1.58 bits per heavy atom. The van der Waals surface area contributed by atoms with Crippen LogP contribution >= 0.6 is 11.3 Å². The zero-order valence-electron chi connectivity index (χ0n) is 19.0. The van der Waals surface area contributed by atoms with Gasteiger partial charge in [0, 0.05) is 43.7 Å². The number of rotatable bonds is 6. The maximum atomic E-state index is 5.73. The van der Waals surface area contributed by atoms with Crippen LogP contribution in [-0.2, 0) is 6.54 Å². The molecular weight excluding hydrogens is 426 g/mol. The summed E-state index contributed by atoms with van der Waals surface area (Å²) in [6, 6.07) is 27.5. The number of methoxy groups -OCH3 is 1. The molecule has 1 aromatic heterocycles. The number of hydrogen-bond donors (Lipinski definition) is 0. The van der Waals surface area contributed by atoms with Gasteiger partial charge in [-0.05, 0) is 29.7 Å². The number of thiazole rings is 1. The van der Waals surface area contributed by atoms with Crippen LogP contribution < -0.4 is 9.64 Å². The van der Waals surface area contributed by atoms with Crippen molar-refractivity contribution in [2.45, 2.75) is 13.0 Å². The molecule has 0 saturated carbocycles. The molecule has 5 heteroatoms. The third-order valence-corrected chi connectivity index (χ3v) is 7.11. The van der Waals surface area contributed by atoms with Crippen molar-refractivity contribution in [2.75, 3.05) is 38.2 Å². The largest absolute Gasteiger partial charge is 0.495 e. The highest BCUT2D eigenvalue weighted by Gasteiger charge is 2.19. The van der Waals surface area contributed by atoms with Crippen LogP contribution in [0.2, 0.25) is 0 Å². The molecule has 0 aliphatic carbocycles. The zero-order valence-corrected chi connectivity index (χ0v) is 19.8. The van der Waals surface area contributed by atoms with Crippen LogP contribution in [0.5, 0.6) is 5.75 Å². The Morgan fingerprint density at radius 1 is 0.818 bits per heavy atom. The van der Waals surface area contributed by atoms with Crippen molar-refractivity contribution >= 4 is 17.0 Å². The molecular formula is C28H29N3OS. The maximum absolute atomic E-state index is 5.73. The fourth-order valence-corrected chi connectivity index (χ4v) is 5.26. The predicted molar refractivity (Wildman–Crippen MR) is 138 cm³/mol. The first-order valence-electron chi connectivity index (χ1n) is 11.5. The van der Waals surface area contributed by atoms with Gasteiger partial charge in [0.1, 0.15) is 10.8 Å². The molecule has 4 aromatic rings. The van der Waals surface area contributed by atoms with Crippen LogP contribution in [0.4, 0.5) is 5.69 Å². The highest BCUT2D eigenvalue weighted by Crippen LogP contribution is 2.34. The minimum Gasteiger partial charge on any atom is -0.495 e. The zero-order chi connectivity index (χ0) is 22.5. The Morgan fingerprint density at radius 3 is 2.33 bits per heavy atom. The fraction of sp³-hybridized carbons (Fsp3) is 0.250. The van der Waals surface area contributed by atoms with Crippen LogP contribution in [0.25, 0.3) is 21.7 Å². The average molecular weight is 456 g/mol. The van der Waals surface area contributed by atoms with Gasteiger partial charge >= 0.3 is 0 Å². The van der Waals surface area contributed by atoms with Crippen LogP contribution in [0, 0.1) is 0 Å². The van der Waals surface area contributed by atoms with Crippen LogP contribution in [0.3, 0.4) is 0 Å². The molecule has 1 fully saturated rings. The van der Waals surface area contributed by atoms with E-state index in [4.69, 9.17) is 9.72 Å². The van der Waals surface area contributed by atoms with E-state index < -0.39 is 0 Å². The summed E-state index contributed by atoms with van der Waals surface area (Å²) in [5.74, 6) is 0.940. The molecule has 0 radical (unpaired) electrons. The first kappa shape index (κ1) is 21.7. The van der Waals surface area contributed by atoms with Crippen molar-refractivity contribution < 1.29 is 4.74 Å². The summed E-state index contributed by atoms with van der Waals surface area (Å²) >= 11 is 1.73. The Bertz CT molecular complexity index is 1180. The molecule has 0 unspecified atom stereocenters. The number of anilines is 1. The van der Waals surface area contributed by atoms with Crippen LogP contribution in [0.15, 0.2) is 84.2 Å². The highest BCUT2D eigenvalue weighted by atomic mass is 32.1. The van der Waals surface area contributed by atoms with Crippen LogP contribution in [-0.4, -0.2) is 43.2 Å². The second-order valence-corrected chi connectivity index (χ2v) is 9.24. The third-order valence-electron chi connectivity index (χ3n) is 6.17. The highest BCUT2D eigenvalue weighted by molar-refractivity contribution is 7.13. The maximum Gasteiger partial charge on any atom is 0.142 e. The van der Waals surface area contributed by atoms with Crippen molar-refractivity contribution in [3.05, 3.63) is 89.9 Å². The molecule has 4 nitrogen and oxygen atoms in total. The van der Waals surface area contributed by atoms with Gasteiger partial charge in [-0.2, -0.15) is 0 Å². The van der Waals surface area contributed by atoms with Crippen molar-refractivity contribution in [3.63, 3.8) is 0 Å². The molecule has 0 atom stereocenters. The van der Waals surface area contributed by atoms with Gasteiger partial charge in [0.05, 0.1) is 18.5 Å². The molecule has 0 spiro atoms. The summed E-state index contributed by atoms with van der Waals surface area (Å²) in [5.41, 5.74) is 6.00. The molecule has 0 amide bonds. The van der Waals surface area contributed by atoms with E-state index >= 15 is 0 Å². The second kappa shape index (κ2) is 10.2. The third kappa shape index (κ3) is 5.10. The Hall–Kier alpha value is -3.15. The average Bonchev–Trinajstić information content (AvgIpc) is 3.22. The lowest BCUT2D eigenvalue weighted by atomic mass is 10.0. The minimum absolute atomic E-state index is 0.901. The normalized spacial score (nSPS) is 14.8. The monoisotopic (exact) mass is 455 g/mol. The summed E-state index contributed by atoms with van der Waals surface area (Å²) in [4.78, 5) is 9.90. The fourth-order valence-electron chi connectivity index (χ4n) is 4.44. The van der Waals surface area contributed by atoms with Crippen molar-refractivity contribution in [1.29, 1.82) is 0 Å². The van der Waals surface area contributed by atoms with E-state index in [9.17, 15) is 0 Å². The van der Waals surface area contributed by atoms with Crippen molar-refractivity contribution in [3.8, 4) is 27.4 Å². The Kier molecular flexibility index (Phi) is 6.70. The van der Waals surface area contributed by atoms with Gasteiger partial charge in [0.25, 0.3) is 0 Å². The molecule has 0 N–H and O–H groups in total. The van der Waals surface area contributed by atoms with Gasteiger partial charge in [-0.3, -0.25) is 4.90 Å². The van der Waals surface area contributed by atoms with Gasteiger partial charge in [0.2, 0.25) is 0 Å². The van der Waals surface area contributed by atoms with Crippen molar-refractivity contribution in [1.82, 2.24) is 9.88 Å². The first-order chi connectivity index (χ1) is 16.3. The standard InChI is InChI=1S/C28H29N3OS/c1-32-27-14-13-24(22-9-4-2-5-10-22)19-26(27)31-16-8-15-30(17-18-31)20-25-21-33-28(29-25)23-11-6-3-7-12-23/h2-7,9-14,19,21H,8,15-18,20H2,1H3. The Labute approximate surface area is 200 Å². The first-order valence-corrected chi connectivity index (χ1v) is 12.4. The summed E-state index contributed by atoms with van der Waals surface area (Å²) in [7, 11) is 1.76. The molecule has 5 rings (SSSR count). The summed E-state index contributed by atoms with van der Waals surface area (Å²) in [6.07, 6.45) is 1.12. The summed E-state index contributed by atoms with van der Waals surface area (Å²) in [6.45, 7) is 4.99. The summed E-state index contributed by atoms with van der Waals surface area (Å²) < 4.78 is 5.73. The molecule has 0 bridgehead atoms.